The summed E-state index contributed by atoms with van der Waals surface area (Å²) in [5, 5.41) is 2.49. The molecule has 116 valence electrons. The molecular formula is C13H18N2O5S. The molecule has 2 N–H and O–H groups in total. The largest absolute Gasteiger partial charge is 0.452 e. The first kappa shape index (κ1) is 17.1. The maximum Gasteiger partial charge on any atom is 0.321 e. The molecule has 0 fully saturated rings. The van der Waals surface area contributed by atoms with Crippen LogP contribution in [0.3, 0.4) is 0 Å². The Labute approximate surface area is 123 Å². The van der Waals surface area contributed by atoms with Gasteiger partial charge in [-0.05, 0) is 26.0 Å². The van der Waals surface area contributed by atoms with Gasteiger partial charge in [-0.1, -0.05) is 18.2 Å². The van der Waals surface area contributed by atoms with Crippen molar-refractivity contribution >= 4 is 21.9 Å². The van der Waals surface area contributed by atoms with Gasteiger partial charge in [0.2, 0.25) is 10.0 Å². The average Bonchev–Trinajstić information content (AvgIpc) is 2.46. The molecule has 0 bridgehead atoms. The third-order valence-corrected chi connectivity index (χ3v) is 3.91. The highest BCUT2D eigenvalue weighted by Crippen LogP contribution is 2.06. The molecule has 21 heavy (non-hydrogen) atoms. The Hall–Kier alpha value is -1.93. The van der Waals surface area contributed by atoms with Gasteiger partial charge in [0.05, 0.1) is 4.90 Å². The first-order valence-corrected chi connectivity index (χ1v) is 7.87. The average molecular weight is 314 g/mol. The van der Waals surface area contributed by atoms with Crippen molar-refractivity contribution < 1.29 is 22.7 Å². The first-order valence-electron chi connectivity index (χ1n) is 6.38. The lowest BCUT2D eigenvalue weighted by Gasteiger charge is -2.13. The van der Waals surface area contributed by atoms with E-state index in [9.17, 15) is 18.0 Å². The van der Waals surface area contributed by atoms with E-state index in [-0.39, 0.29) is 4.90 Å². The highest BCUT2D eigenvalue weighted by Gasteiger charge is 2.19. The molecule has 0 unspecified atom stereocenters. The summed E-state index contributed by atoms with van der Waals surface area (Å²) in [7, 11) is -3.77. The molecule has 1 aromatic carbocycles. The Morgan fingerprint density at radius 2 is 1.86 bits per heavy atom. The van der Waals surface area contributed by atoms with Crippen molar-refractivity contribution in [3.63, 3.8) is 0 Å². The number of rotatable bonds is 7. The van der Waals surface area contributed by atoms with Crippen LogP contribution in [0.1, 0.15) is 13.8 Å². The van der Waals surface area contributed by atoms with E-state index in [0.29, 0.717) is 6.54 Å². The standard InChI is InChI=1S/C13H18N2O5S/c1-3-14-13(17)10(2)20-12(16)9-15-21(18,19)11-7-5-4-6-8-11/h4-8,10,15H,3,9H2,1-2H3,(H,14,17)/t10-/m1/s1. The maximum absolute atomic E-state index is 11.9. The lowest BCUT2D eigenvalue weighted by molar-refractivity contribution is -0.153. The van der Waals surface area contributed by atoms with Crippen LogP contribution < -0.4 is 10.0 Å². The topological polar surface area (TPSA) is 102 Å². The molecular weight excluding hydrogens is 296 g/mol. The molecule has 0 saturated heterocycles. The monoisotopic (exact) mass is 314 g/mol. The van der Waals surface area contributed by atoms with E-state index in [1.165, 1.54) is 19.1 Å². The Bertz CT molecular complexity index is 586. The summed E-state index contributed by atoms with van der Waals surface area (Å²) >= 11 is 0. The van der Waals surface area contributed by atoms with E-state index in [2.05, 4.69) is 10.0 Å². The van der Waals surface area contributed by atoms with Gasteiger partial charge < -0.3 is 10.1 Å². The fraction of sp³-hybridized carbons (Fsp3) is 0.385. The van der Waals surface area contributed by atoms with Crippen LogP contribution in [0.4, 0.5) is 0 Å². The molecule has 0 aliphatic carbocycles. The van der Waals surface area contributed by atoms with Crippen LogP contribution in [0.15, 0.2) is 35.2 Å². The molecule has 1 aromatic rings. The highest BCUT2D eigenvalue weighted by molar-refractivity contribution is 7.89. The lowest BCUT2D eigenvalue weighted by atomic mass is 10.4. The van der Waals surface area contributed by atoms with Crippen molar-refractivity contribution in [2.75, 3.05) is 13.1 Å². The van der Waals surface area contributed by atoms with Crippen LogP contribution in [0, 0.1) is 0 Å². The van der Waals surface area contributed by atoms with Gasteiger partial charge in [0.15, 0.2) is 6.10 Å². The second-order valence-corrected chi connectivity index (χ2v) is 5.93. The van der Waals surface area contributed by atoms with Crippen molar-refractivity contribution in [2.24, 2.45) is 0 Å². The van der Waals surface area contributed by atoms with E-state index >= 15 is 0 Å². The van der Waals surface area contributed by atoms with Crippen LogP contribution in [-0.2, 0) is 24.3 Å². The van der Waals surface area contributed by atoms with Crippen molar-refractivity contribution in [1.29, 1.82) is 0 Å². The van der Waals surface area contributed by atoms with E-state index < -0.39 is 34.5 Å². The Morgan fingerprint density at radius 1 is 1.24 bits per heavy atom. The van der Waals surface area contributed by atoms with Gasteiger partial charge >= 0.3 is 5.97 Å². The number of carbonyl (C=O) groups excluding carboxylic acids is 2. The van der Waals surface area contributed by atoms with Gasteiger partial charge in [-0.3, -0.25) is 9.59 Å². The zero-order valence-electron chi connectivity index (χ0n) is 11.8. The van der Waals surface area contributed by atoms with E-state index in [1.54, 1.807) is 25.1 Å². The Kier molecular flexibility index (Phi) is 6.32. The van der Waals surface area contributed by atoms with Crippen molar-refractivity contribution in [3.8, 4) is 0 Å². The summed E-state index contributed by atoms with van der Waals surface area (Å²) in [6.07, 6.45) is -0.973. The molecule has 1 rings (SSSR count). The summed E-state index contributed by atoms with van der Waals surface area (Å²) < 4.78 is 30.7. The van der Waals surface area contributed by atoms with E-state index in [4.69, 9.17) is 4.74 Å². The van der Waals surface area contributed by atoms with Gasteiger partial charge in [-0.15, -0.1) is 0 Å². The number of sulfonamides is 1. The Morgan fingerprint density at radius 3 is 2.43 bits per heavy atom. The second-order valence-electron chi connectivity index (χ2n) is 4.16. The number of hydrogen-bond donors (Lipinski definition) is 2. The number of benzene rings is 1. The summed E-state index contributed by atoms with van der Waals surface area (Å²) in [4.78, 5) is 22.9. The molecule has 0 aromatic heterocycles. The number of esters is 1. The highest BCUT2D eigenvalue weighted by atomic mass is 32.2. The minimum atomic E-state index is -3.77. The predicted octanol–water partition coefficient (Wildman–Crippen LogP) is 0.0327. The van der Waals surface area contributed by atoms with Crippen LogP contribution in [-0.4, -0.2) is 39.5 Å². The predicted molar refractivity (Wildman–Crippen MR) is 75.9 cm³/mol. The molecule has 0 heterocycles. The van der Waals surface area contributed by atoms with Crippen LogP contribution in [0.5, 0.6) is 0 Å². The number of amides is 1. The van der Waals surface area contributed by atoms with Crippen LogP contribution >= 0.6 is 0 Å². The van der Waals surface area contributed by atoms with Crippen molar-refractivity contribution in [3.05, 3.63) is 30.3 Å². The SMILES string of the molecule is CCNC(=O)[C@@H](C)OC(=O)CNS(=O)(=O)c1ccccc1. The number of nitrogens with one attached hydrogen (secondary N) is 2. The van der Waals surface area contributed by atoms with Gasteiger partial charge in [-0.25, -0.2) is 8.42 Å². The van der Waals surface area contributed by atoms with Crippen LogP contribution in [0.25, 0.3) is 0 Å². The quantitative estimate of drug-likeness (QED) is 0.692. The van der Waals surface area contributed by atoms with Gasteiger partial charge in [-0.2, -0.15) is 4.72 Å². The van der Waals surface area contributed by atoms with Crippen LogP contribution in [0.2, 0.25) is 0 Å². The first-order chi connectivity index (χ1) is 9.86. The fourth-order valence-electron chi connectivity index (χ4n) is 1.45. The summed E-state index contributed by atoms with van der Waals surface area (Å²) in [6.45, 7) is 3.03. The summed E-state index contributed by atoms with van der Waals surface area (Å²) in [5.74, 6) is -1.26. The molecule has 0 radical (unpaired) electrons. The van der Waals surface area contributed by atoms with Gasteiger partial charge in [0.1, 0.15) is 6.54 Å². The summed E-state index contributed by atoms with van der Waals surface area (Å²) in [6, 6.07) is 7.64. The third kappa shape index (κ3) is 5.52. The second kappa shape index (κ2) is 7.75. The molecule has 1 atom stereocenters. The Balaban J connectivity index is 2.52. The van der Waals surface area contributed by atoms with Gasteiger partial charge in [0, 0.05) is 6.54 Å². The molecule has 0 spiro atoms. The number of likely N-dealkylation sites (N-methyl/N-ethyl adjacent to an activating group) is 1. The fourth-order valence-corrected chi connectivity index (χ4v) is 2.44. The smallest absolute Gasteiger partial charge is 0.321 e. The van der Waals surface area contributed by atoms with Gasteiger partial charge in [0.25, 0.3) is 5.91 Å². The number of carbonyl (C=O) groups is 2. The summed E-state index contributed by atoms with van der Waals surface area (Å²) in [5.41, 5.74) is 0. The van der Waals surface area contributed by atoms with Crippen molar-refractivity contribution in [1.82, 2.24) is 10.0 Å². The minimum Gasteiger partial charge on any atom is -0.452 e. The van der Waals surface area contributed by atoms with E-state index in [0.717, 1.165) is 0 Å². The maximum atomic E-state index is 11.9. The number of hydrogen-bond acceptors (Lipinski definition) is 5. The molecule has 0 aliphatic heterocycles. The molecule has 0 saturated carbocycles. The zero-order valence-corrected chi connectivity index (χ0v) is 12.6. The third-order valence-electron chi connectivity index (χ3n) is 2.49. The normalized spacial score (nSPS) is 12.5. The number of ether oxygens (including phenoxy) is 1. The van der Waals surface area contributed by atoms with Crippen molar-refractivity contribution in [2.45, 2.75) is 24.8 Å². The van der Waals surface area contributed by atoms with E-state index in [1.807, 2.05) is 0 Å². The zero-order chi connectivity index (χ0) is 15.9. The lowest BCUT2D eigenvalue weighted by Crippen LogP contribution is -2.38. The molecule has 8 heteroatoms. The minimum absolute atomic E-state index is 0.0505. The molecule has 0 aliphatic rings. The molecule has 1 amide bonds. The molecule has 7 nitrogen and oxygen atoms in total.